The molecule has 220 valence electrons. The highest BCUT2D eigenvalue weighted by Gasteiger charge is 2.46. The molecule has 0 aromatic heterocycles. The van der Waals surface area contributed by atoms with E-state index in [2.05, 4.69) is 5.32 Å². The SMILES string of the molecule is CCCCN[C@@H]1[C@@H](OC(C)CC(C[C@H](C(N)=O)N(C(C)=O)C(=O)C(N)CC)C(=O)O)[C@H](O)[C@@H](CO)O[C@@H]1O. The summed E-state index contributed by atoms with van der Waals surface area (Å²) >= 11 is 0. The average molecular weight is 549 g/mol. The number of amides is 3. The van der Waals surface area contributed by atoms with Crippen LogP contribution in [0.1, 0.15) is 59.8 Å². The second-order valence-electron chi connectivity index (χ2n) is 9.65. The topological polar surface area (TPSA) is 235 Å². The van der Waals surface area contributed by atoms with Crippen LogP contribution in [0.15, 0.2) is 0 Å². The van der Waals surface area contributed by atoms with Gasteiger partial charge in [0.1, 0.15) is 24.4 Å². The van der Waals surface area contributed by atoms with E-state index in [1.165, 1.54) is 0 Å². The average Bonchev–Trinajstić information content (AvgIpc) is 2.85. The Hall–Kier alpha value is -2.20. The predicted octanol–water partition coefficient (Wildman–Crippen LogP) is -1.96. The van der Waals surface area contributed by atoms with Crippen molar-refractivity contribution in [2.75, 3.05) is 13.2 Å². The molecule has 0 spiro atoms. The van der Waals surface area contributed by atoms with Crippen molar-refractivity contribution in [3.63, 3.8) is 0 Å². The Morgan fingerprint density at radius 1 is 1.16 bits per heavy atom. The largest absolute Gasteiger partial charge is 0.481 e. The highest BCUT2D eigenvalue weighted by molar-refractivity contribution is 6.01. The Morgan fingerprint density at radius 3 is 2.26 bits per heavy atom. The molecular weight excluding hydrogens is 504 g/mol. The van der Waals surface area contributed by atoms with Crippen molar-refractivity contribution in [3.8, 4) is 0 Å². The third-order valence-electron chi connectivity index (χ3n) is 6.62. The minimum absolute atomic E-state index is 0.183. The molecule has 1 fully saturated rings. The van der Waals surface area contributed by atoms with Crippen LogP contribution < -0.4 is 16.8 Å². The van der Waals surface area contributed by atoms with Gasteiger partial charge in [-0.1, -0.05) is 20.3 Å². The maximum absolute atomic E-state index is 12.7. The Morgan fingerprint density at radius 2 is 1.79 bits per heavy atom. The lowest BCUT2D eigenvalue weighted by molar-refractivity contribution is -0.269. The summed E-state index contributed by atoms with van der Waals surface area (Å²) in [6.07, 6.45) is -4.63. The summed E-state index contributed by atoms with van der Waals surface area (Å²) < 4.78 is 11.3. The van der Waals surface area contributed by atoms with Gasteiger partial charge in [0.2, 0.25) is 17.7 Å². The van der Waals surface area contributed by atoms with E-state index in [9.17, 15) is 39.6 Å². The zero-order chi connectivity index (χ0) is 29.2. The maximum atomic E-state index is 12.7. The Balaban J connectivity index is 3.12. The Bertz CT molecular complexity index is 800. The molecule has 3 unspecified atom stereocenters. The van der Waals surface area contributed by atoms with Crippen molar-refractivity contribution in [2.24, 2.45) is 17.4 Å². The van der Waals surface area contributed by atoms with Crippen LogP contribution in [-0.2, 0) is 28.7 Å². The van der Waals surface area contributed by atoms with E-state index in [-0.39, 0.29) is 12.8 Å². The highest BCUT2D eigenvalue weighted by Crippen LogP contribution is 2.27. The van der Waals surface area contributed by atoms with E-state index in [0.29, 0.717) is 11.4 Å². The molecule has 14 heteroatoms. The standard InChI is InChI=1S/C24H44N4O10/c1-5-7-8-27-18-20(19(31)17(11-29)38-24(18)36)37-12(3)9-14(23(34)35)10-16(21(26)32)28(13(4)30)22(33)15(25)6-2/h12,14-20,24,27,29,31,36H,5-11,25H2,1-4H3,(H2,26,32)(H,34,35)/t12?,14?,15?,16-,17-,18-,19-,20-,24+/m1/s1. The number of ether oxygens (including phenoxy) is 2. The van der Waals surface area contributed by atoms with E-state index in [1.54, 1.807) is 13.8 Å². The molecule has 0 aliphatic carbocycles. The number of carbonyl (C=O) groups is 4. The summed E-state index contributed by atoms with van der Waals surface area (Å²) in [7, 11) is 0. The zero-order valence-electron chi connectivity index (χ0n) is 22.5. The van der Waals surface area contributed by atoms with Gasteiger partial charge in [-0.25, -0.2) is 0 Å². The lowest BCUT2D eigenvalue weighted by Gasteiger charge is -2.44. The normalized spacial score (nSPS) is 26.7. The summed E-state index contributed by atoms with van der Waals surface area (Å²) in [6, 6.07) is -3.50. The number of nitrogens with zero attached hydrogens (tertiary/aromatic N) is 1. The molecule has 9 atom stereocenters. The fourth-order valence-corrected chi connectivity index (χ4v) is 4.43. The predicted molar refractivity (Wildman–Crippen MR) is 134 cm³/mol. The van der Waals surface area contributed by atoms with Crippen LogP contribution in [0.2, 0.25) is 0 Å². The first-order chi connectivity index (χ1) is 17.8. The van der Waals surface area contributed by atoms with Gasteiger partial charge in [-0.2, -0.15) is 0 Å². The number of aliphatic carboxylic acids is 1. The van der Waals surface area contributed by atoms with Crippen LogP contribution in [0.25, 0.3) is 0 Å². The molecule has 0 bridgehead atoms. The third kappa shape index (κ3) is 9.22. The van der Waals surface area contributed by atoms with E-state index in [0.717, 1.165) is 19.8 Å². The van der Waals surface area contributed by atoms with E-state index in [4.69, 9.17) is 20.9 Å². The number of nitrogens with two attached hydrogens (primary N) is 2. The first kappa shape index (κ1) is 33.8. The maximum Gasteiger partial charge on any atom is 0.306 e. The van der Waals surface area contributed by atoms with Crippen LogP contribution >= 0.6 is 0 Å². The molecule has 1 saturated heterocycles. The highest BCUT2D eigenvalue weighted by atomic mass is 16.6. The van der Waals surface area contributed by atoms with Gasteiger partial charge in [0.25, 0.3) is 0 Å². The fourth-order valence-electron chi connectivity index (χ4n) is 4.43. The number of carboxylic acid groups (broad SMARTS) is 1. The smallest absolute Gasteiger partial charge is 0.306 e. The van der Waals surface area contributed by atoms with E-state index in [1.807, 2.05) is 6.92 Å². The van der Waals surface area contributed by atoms with Crippen LogP contribution in [0.5, 0.6) is 0 Å². The number of carbonyl (C=O) groups excluding carboxylic acids is 3. The van der Waals surface area contributed by atoms with Gasteiger partial charge in [-0.15, -0.1) is 0 Å². The molecule has 0 aromatic rings. The van der Waals surface area contributed by atoms with Gasteiger partial charge in [-0.3, -0.25) is 24.1 Å². The van der Waals surface area contributed by atoms with Crippen molar-refractivity contribution >= 4 is 23.7 Å². The van der Waals surface area contributed by atoms with Crippen LogP contribution in [0.3, 0.4) is 0 Å². The summed E-state index contributed by atoms with van der Waals surface area (Å²) in [5.41, 5.74) is 11.2. The molecular formula is C24H44N4O10. The number of primary amides is 1. The number of hydrogen-bond donors (Lipinski definition) is 7. The van der Waals surface area contributed by atoms with Crippen LogP contribution in [0, 0.1) is 5.92 Å². The Kier molecular flexibility index (Phi) is 14.3. The van der Waals surface area contributed by atoms with Gasteiger partial charge in [0, 0.05) is 6.92 Å². The van der Waals surface area contributed by atoms with Crippen molar-refractivity contribution in [2.45, 2.75) is 109 Å². The second-order valence-corrected chi connectivity index (χ2v) is 9.65. The van der Waals surface area contributed by atoms with Gasteiger partial charge in [-0.05, 0) is 39.2 Å². The number of rotatable bonds is 16. The lowest BCUT2D eigenvalue weighted by atomic mass is 9.91. The summed E-state index contributed by atoms with van der Waals surface area (Å²) in [6.45, 7) is 6.09. The van der Waals surface area contributed by atoms with Gasteiger partial charge >= 0.3 is 5.97 Å². The van der Waals surface area contributed by atoms with E-state index >= 15 is 0 Å². The number of carboxylic acids is 1. The lowest BCUT2D eigenvalue weighted by Crippen LogP contribution is -2.64. The molecule has 1 aliphatic rings. The number of hydrogen-bond acceptors (Lipinski definition) is 11. The minimum atomic E-state index is -1.55. The number of nitrogens with one attached hydrogen (secondary N) is 1. The molecule has 0 radical (unpaired) electrons. The first-order valence-corrected chi connectivity index (χ1v) is 12.9. The van der Waals surface area contributed by atoms with Crippen molar-refractivity contribution in [1.29, 1.82) is 0 Å². The van der Waals surface area contributed by atoms with Crippen molar-refractivity contribution in [1.82, 2.24) is 10.2 Å². The summed E-state index contributed by atoms with van der Waals surface area (Å²) in [5, 5.41) is 43.6. The van der Waals surface area contributed by atoms with E-state index < -0.39 is 91.5 Å². The van der Waals surface area contributed by atoms with Crippen LogP contribution in [0.4, 0.5) is 0 Å². The number of aliphatic hydroxyl groups excluding tert-OH is 3. The van der Waals surface area contributed by atoms with Gasteiger partial charge < -0.3 is 46.7 Å². The first-order valence-electron chi connectivity index (χ1n) is 12.9. The number of unbranched alkanes of at least 4 members (excludes halogenated alkanes) is 1. The molecule has 0 saturated carbocycles. The third-order valence-corrected chi connectivity index (χ3v) is 6.62. The zero-order valence-corrected chi connectivity index (χ0v) is 22.5. The molecule has 1 aliphatic heterocycles. The molecule has 3 amide bonds. The van der Waals surface area contributed by atoms with Crippen molar-refractivity contribution in [3.05, 3.63) is 0 Å². The molecule has 38 heavy (non-hydrogen) atoms. The quantitative estimate of drug-likeness (QED) is 0.104. The number of imide groups is 1. The van der Waals surface area contributed by atoms with Crippen LogP contribution in [-0.4, -0.2) is 111 Å². The Labute approximate surface area is 222 Å². The van der Waals surface area contributed by atoms with Crippen molar-refractivity contribution < 1.29 is 49.1 Å². The molecule has 9 N–H and O–H groups in total. The fraction of sp³-hybridized carbons (Fsp3) is 0.833. The molecule has 0 aromatic carbocycles. The molecule has 1 heterocycles. The van der Waals surface area contributed by atoms with Gasteiger partial charge in [0.15, 0.2) is 6.29 Å². The monoisotopic (exact) mass is 548 g/mol. The van der Waals surface area contributed by atoms with Gasteiger partial charge in [0.05, 0.1) is 30.7 Å². The summed E-state index contributed by atoms with van der Waals surface area (Å²) in [5.74, 6) is -5.30. The number of aliphatic hydroxyl groups is 3. The molecule has 14 nitrogen and oxygen atoms in total. The second kappa shape index (κ2) is 16.0. The minimum Gasteiger partial charge on any atom is -0.481 e. The summed E-state index contributed by atoms with van der Waals surface area (Å²) in [4.78, 5) is 49.9. The molecule has 1 rings (SSSR count).